The predicted molar refractivity (Wildman–Crippen MR) is 62.9 cm³/mol. The zero-order chi connectivity index (χ0) is 13.9. The minimum Gasteiger partial charge on any atom is -0.396 e. The molecular weight excluding hydrogens is 317 g/mol. The van der Waals surface area contributed by atoms with Gasteiger partial charge in [0.1, 0.15) is 11.9 Å². The standard InChI is InChI=1S/C10H10BrF3N2O2/c11-5-2-6(12)7(15)1-4(5)10(18)16-3-8(17)9(13)14/h1-2,8-9,17H,3,15H2,(H,16,18). The number of nitrogen functional groups attached to an aromatic ring is 1. The molecule has 1 aromatic carbocycles. The van der Waals surface area contributed by atoms with Crippen LogP contribution in [0.5, 0.6) is 0 Å². The van der Waals surface area contributed by atoms with Crippen molar-refractivity contribution in [2.45, 2.75) is 12.5 Å². The highest BCUT2D eigenvalue weighted by atomic mass is 79.9. The molecule has 18 heavy (non-hydrogen) atoms. The summed E-state index contributed by atoms with van der Waals surface area (Å²) >= 11 is 2.95. The quantitative estimate of drug-likeness (QED) is 0.734. The van der Waals surface area contributed by atoms with E-state index in [1.807, 2.05) is 0 Å². The van der Waals surface area contributed by atoms with E-state index >= 15 is 0 Å². The highest BCUT2D eigenvalue weighted by molar-refractivity contribution is 9.10. The summed E-state index contributed by atoms with van der Waals surface area (Å²) in [6.45, 7) is -0.611. The third kappa shape index (κ3) is 3.61. The van der Waals surface area contributed by atoms with E-state index < -0.39 is 30.8 Å². The van der Waals surface area contributed by atoms with E-state index in [4.69, 9.17) is 10.8 Å². The van der Waals surface area contributed by atoms with Crippen LogP contribution in [-0.4, -0.2) is 30.1 Å². The summed E-state index contributed by atoms with van der Waals surface area (Å²) in [4.78, 5) is 11.6. The molecule has 0 bridgehead atoms. The van der Waals surface area contributed by atoms with Crippen molar-refractivity contribution < 1.29 is 23.1 Å². The average Bonchev–Trinajstić information content (AvgIpc) is 2.30. The number of nitrogens with one attached hydrogen (secondary N) is 1. The number of rotatable bonds is 4. The molecule has 0 saturated carbocycles. The van der Waals surface area contributed by atoms with Crippen LogP contribution in [0.3, 0.4) is 0 Å². The Labute approximate surface area is 109 Å². The molecule has 0 radical (unpaired) electrons. The number of carbonyl (C=O) groups excluding carboxylic acids is 1. The lowest BCUT2D eigenvalue weighted by atomic mass is 10.2. The van der Waals surface area contributed by atoms with E-state index in [2.05, 4.69) is 21.2 Å². The van der Waals surface area contributed by atoms with Gasteiger partial charge in [-0.3, -0.25) is 4.79 Å². The molecule has 1 aromatic rings. The topological polar surface area (TPSA) is 75.4 Å². The van der Waals surface area contributed by atoms with Crippen LogP contribution >= 0.6 is 15.9 Å². The fraction of sp³-hybridized carbons (Fsp3) is 0.300. The Morgan fingerprint density at radius 1 is 1.50 bits per heavy atom. The lowest BCUT2D eigenvalue weighted by molar-refractivity contribution is -0.00270. The number of alkyl halides is 2. The Balaban J connectivity index is 2.76. The van der Waals surface area contributed by atoms with Crippen LogP contribution in [0, 0.1) is 5.82 Å². The van der Waals surface area contributed by atoms with Crippen molar-refractivity contribution >= 4 is 27.5 Å². The highest BCUT2D eigenvalue weighted by Crippen LogP contribution is 2.22. The van der Waals surface area contributed by atoms with Crippen LogP contribution in [0.1, 0.15) is 10.4 Å². The third-order valence-corrected chi connectivity index (χ3v) is 2.75. The monoisotopic (exact) mass is 326 g/mol. The number of anilines is 1. The molecule has 4 nitrogen and oxygen atoms in total. The number of halogens is 4. The van der Waals surface area contributed by atoms with Crippen LogP contribution < -0.4 is 11.1 Å². The van der Waals surface area contributed by atoms with Gasteiger partial charge in [-0.25, -0.2) is 13.2 Å². The Hall–Kier alpha value is -1.28. The molecule has 0 aromatic heterocycles. The van der Waals surface area contributed by atoms with Crippen molar-refractivity contribution in [3.05, 3.63) is 28.0 Å². The molecule has 1 amide bonds. The van der Waals surface area contributed by atoms with E-state index in [-0.39, 0.29) is 15.7 Å². The van der Waals surface area contributed by atoms with Gasteiger partial charge in [0.05, 0.1) is 11.3 Å². The normalized spacial score (nSPS) is 12.6. The van der Waals surface area contributed by atoms with E-state index in [1.54, 1.807) is 0 Å². The van der Waals surface area contributed by atoms with Crippen LogP contribution in [0.4, 0.5) is 18.9 Å². The average molecular weight is 327 g/mol. The maximum absolute atomic E-state index is 13.0. The number of carbonyl (C=O) groups is 1. The van der Waals surface area contributed by atoms with Crippen molar-refractivity contribution in [1.29, 1.82) is 0 Å². The molecule has 0 aliphatic carbocycles. The summed E-state index contributed by atoms with van der Waals surface area (Å²) in [6, 6.07) is 2.07. The predicted octanol–water partition coefficient (Wildman–Crippen LogP) is 1.53. The molecule has 4 N–H and O–H groups in total. The maximum atomic E-state index is 13.0. The second-order valence-corrected chi connectivity index (χ2v) is 4.32. The van der Waals surface area contributed by atoms with E-state index in [9.17, 15) is 18.0 Å². The van der Waals surface area contributed by atoms with Gasteiger partial charge >= 0.3 is 0 Å². The van der Waals surface area contributed by atoms with E-state index in [0.29, 0.717) is 0 Å². The Morgan fingerprint density at radius 3 is 2.67 bits per heavy atom. The van der Waals surface area contributed by atoms with Crippen molar-refractivity contribution in [1.82, 2.24) is 5.32 Å². The summed E-state index contributed by atoms with van der Waals surface area (Å²) in [6.07, 6.45) is -4.91. The van der Waals surface area contributed by atoms with Crippen molar-refractivity contribution in [3.63, 3.8) is 0 Å². The van der Waals surface area contributed by atoms with Crippen molar-refractivity contribution in [2.75, 3.05) is 12.3 Å². The molecule has 0 spiro atoms. The zero-order valence-electron chi connectivity index (χ0n) is 8.96. The van der Waals surface area contributed by atoms with E-state index in [1.165, 1.54) is 0 Å². The molecule has 0 fully saturated rings. The van der Waals surface area contributed by atoms with Crippen LogP contribution in [0.2, 0.25) is 0 Å². The number of amides is 1. The third-order valence-electron chi connectivity index (χ3n) is 2.09. The fourth-order valence-corrected chi connectivity index (χ4v) is 1.62. The molecule has 0 aliphatic heterocycles. The first kappa shape index (κ1) is 14.8. The van der Waals surface area contributed by atoms with Gasteiger partial charge in [-0.2, -0.15) is 0 Å². The van der Waals surface area contributed by atoms with Gasteiger partial charge in [0.15, 0.2) is 0 Å². The SMILES string of the molecule is Nc1cc(C(=O)NCC(O)C(F)F)c(Br)cc1F. The van der Waals surface area contributed by atoms with Gasteiger partial charge < -0.3 is 16.2 Å². The Kier molecular flexibility index (Phi) is 4.97. The van der Waals surface area contributed by atoms with Gasteiger partial charge in [-0.05, 0) is 28.1 Å². The fourth-order valence-electron chi connectivity index (χ4n) is 1.12. The number of aliphatic hydroxyl groups excluding tert-OH is 1. The number of hydrogen-bond acceptors (Lipinski definition) is 3. The molecule has 8 heteroatoms. The zero-order valence-corrected chi connectivity index (χ0v) is 10.5. The minimum absolute atomic E-state index is 0.00429. The van der Waals surface area contributed by atoms with Gasteiger partial charge in [0.2, 0.25) is 0 Å². The number of hydrogen-bond donors (Lipinski definition) is 3. The van der Waals surface area contributed by atoms with Crippen LogP contribution in [0.25, 0.3) is 0 Å². The first-order chi connectivity index (χ1) is 8.32. The maximum Gasteiger partial charge on any atom is 0.265 e. The first-order valence-corrected chi connectivity index (χ1v) is 5.61. The molecule has 0 heterocycles. The van der Waals surface area contributed by atoms with E-state index in [0.717, 1.165) is 12.1 Å². The highest BCUT2D eigenvalue weighted by Gasteiger charge is 2.19. The van der Waals surface area contributed by atoms with Gasteiger partial charge in [0.25, 0.3) is 12.3 Å². The second kappa shape index (κ2) is 6.05. The van der Waals surface area contributed by atoms with Gasteiger partial charge in [0, 0.05) is 11.0 Å². The number of aliphatic hydroxyl groups is 1. The van der Waals surface area contributed by atoms with Crippen LogP contribution in [0.15, 0.2) is 16.6 Å². The number of benzene rings is 1. The molecular formula is C10H10BrF3N2O2. The van der Waals surface area contributed by atoms with Crippen LogP contribution in [-0.2, 0) is 0 Å². The summed E-state index contributed by atoms with van der Waals surface area (Å²) in [5.74, 6) is -1.45. The van der Waals surface area contributed by atoms with Gasteiger partial charge in [-0.1, -0.05) is 0 Å². The smallest absolute Gasteiger partial charge is 0.265 e. The molecule has 1 rings (SSSR count). The summed E-state index contributed by atoms with van der Waals surface area (Å²) < 4.78 is 37.1. The minimum atomic E-state index is -2.95. The largest absolute Gasteiger partial charge is 0.396 e. The summed E-state index contributed by atoms with van der Waals surface area (Å²) in [5, 5.41) is 10.9. The summed E-state index contributed by atoms with van der Waals surface area (Å²) in [5.41, 5.74) is 5.04. The molecule has 0 saturated heterocycles. The molecule has 1 atom stereocenters. The van der Waals surface area contributed by atoms with Crippen molar-refractivity contribution in [3.8, 4) is 0 Å². The van der Waals surface area contributed by atoms with Crippen molar-refractivity contribution in [2.24, 2.45) is 0 Å². The van der Waals surface area contributed by atoms with Gasteiger partial charge in [-0.15, -0.1) is 0 Å². The molecule has 1 unspecified atom stereocenters. The Morgan fingerprint density at radius 2 is 2.11 bits per heavy atom. The lowest BCUT2D eigenvalue weighted by Crippen LogP contribution is -2.36. The molecule has 100 valence electrons. The second-order valence-electron chi connectivity index (χ2n) is 3.47. The number of nitrogens with two attached hydrogens (primary N) is 1. The lowest BCUT2D eigenvalue weighted by Gasteiger charge is -2.12. The molecule has 0 aliphatic rings. The Bertz CT molecular complexity index is 457. The first-order valence-electron chi connectivity index (χ1n) is 4.82. The summed E-state index contributed by atoms with van der Waals surface area (Å²) in [7, 11) is 0.